The molecule has 23 heavy (non-hydrogen) atoms. The smallest absolute Gasteiger partial charge is 0.143 e. The average Bonchev–Trinajstić information content (AvgIpc) is 3.10. The fourth-order valence-corrected chi connectivity index (χ4v) is 4.55. The van der Waals surface area contributed by atoms with Gasteiger partial charge in [-0.25, -0.2) is 0 Å². The van der Waals surface area contributed by atoms with E-state index in [4.69, 9.17) is 0 Å². The monoisotopic (exact) mass is 328 g/mol. The summed E-state index contributed by atoms with van der Waals surface area (Å²) in [4.78, 5) is 0. The van der Waals surface area contributed by atoms with Crippen LogP contribution in [0.25, 0.3) is 10.6 Å². The molecule has 1 fully saturated rings. The van der Waals surface area contributed by atoms with Gasteiger partial charge in [-0.05, 0) is 50.0 Å². The lowest BCUT2D eigenvalue weighted by molar-refractivity contribution is 0.317. The van der Waals surface area contributed by atoms with Crippen LogP contribution in [0.5, 0.6) is 0 Å². The zero-order valence-electron chi connectivity index (χ0n) is 14.4. The molecule has 2 aromatic rings. The zero-order valence-corrected chi connectivity index (χ0v) is 15.2. The van der Waals surface area contributed by atoms with E-state index in [0.717, 1.165) is 10.9 Å². The summed E-state index contributed by atoms with van der Waals surface area (Å²) in [5, 5.41) is 11.3. The van der Waals surface area contributed by atoms with E-state index in [2.05, 4.69) is 48.3 Å². The molecule has 0 bridgehead atoms. The van der Waals surface area contributed by atoms with Gasteiger partial charge in [-0.15, -0.1) is 10.2 Å². The largest absolute Gasteiger partial charge is 0.147 e. The SMILES string of the molecule is CCCCc1ccc(-c2nnc(C3CCC(CC)CC3)s2)cc1. The highest BCUT2D eigenvalue weighted by Crippen LogP contribution is 2.39. The molecule has 0 spiro atoms. The lowest BCUT2D eigenvalue weighted by Crippen LogP contribution is -2.12. The third kappa shape index (κ3) is 4.20. The summed E-state index contributed by atoms with van der Waals surface area (Å²) in [6.45, 7) is 4.56. The number of hydrogen-bond donors (Lipinski definition) is 0. The van der Waals surface area contributed by atoms with Gasteiger partial charge in [0.05, 0.1) is 0 Å². The summed E-state index contributed by atoms with van der Waals surface area (Å²) in [6, 6.07) is 8.92. The van der Waals surface area contributed by atoms with Gasteiger partial charge in [0.1, 0.15) is 10.0 Å². The first kappa shape index (κ1) is 16.6. The minimum absolute atomic E-state index is 0.646. The van der Waals surface area contributed by atoms with Gasteiger partial charge in [0, 0.05) is 11.5 Å². The molecule has 1 heterocycles. The molecular formula is C20H28N2S. The first-order valence-corrected chi connectivity index (χ1v) is 10.0. The molecule has 0 N–H and O–H groups in total. The highest BCUT2D eigenvalue weighted by molar-refractivity contribution is 7.14. The second-order valence-electron chi connectivity index (χ2n) is 6.87. The number of aromatic nitrogens is 2. The molecule has 1 aliphatic carbocycles. The quantitative estimate of drug-likeness (QED) is 0.628. The molecule has 0 saturated heterocycles. The molecule has 2 nitrogen and oxygen atoms in total. The van der Waals surface area contributed by atoms with Crippen molar-refractivity contribution in [3.63, 3.8) is 0 Å². The maximum Gasteiger partial charge on any atom is 0.147 e. The third-order valence-electron chi connectivity index (χ3n) is 5.23. The van der Waals surface area contributed by atoms with Crippen molar-refractivity contribution in [3.8, 4) is 10.6 Å². The van der Waals surface area contributed by atoms with Crippen LogP contribution in [-0.4, -0.2) is 10.2 Å². The molecule has 0 atom stereocenters. The van der Waals surface area contributed by atoms with Crippen molar-refractivity contribution in [2.45, 2.75) is 71.1 Å². The van der Waals surface area contributed by atoms with Crippen LogP contribution in [0.15, 0.2) is 24.3 Å². The summed E-state index contributed by atoms with van der Waals surface area (Å²) >= 11 is 1.80. The van der Waals surface area contributed by atoms with Crippen LogP contribution in [0.4, 0.5) is 0 Å². The fraction of sp³-hybridized carbons (Fsp3) is 0.600. The Balaban J connectivity index is 1.65. The second kappa shape index (κ2) is 8.05. The van der Waals surface area contributed by atoms with Crippen LogP contribution in [-0.2, 0) is 6.42 Å². The molecule has 0 amide bonds. The standard InChI is InChI=1S/C20H28N2S/c1-3-5-6-16-9-13-18(14-10-16)20-22-21-19(23-20)17-11-7-15(4-2)8-12-17/h9-10,13-15,17H,3-8,11-12H2,1-2H3. The molecule has 0 radical (unpaired) electrons. The lowest BCUT2D eigenvalue weighted by atomic mass is 9.81. The van der Waals surface area contributed by atoms with Gasteiger partial charge in [0.2, 0.25) is 0 Å². The van der Waals surface area contributed by atoms with Gasteiger partial charge < -0.3 is 0 Å². The van der Waals surface area contributed by atoms with Gasteiger partial charge in [0.25, 0.3) is 0 Å². The second-order valence-corrected chi connectivity index (χ2v) is 7.88. The maximum absolute atomic E-state index is 4.51. The predicted molar refractivity (Wildman–Crippen MR) is 98.9 cm³/mol. The van der Waals surface area contributed by atoms with E-state index in [1.54, 1.807) is 11.3 Å². The molecule has 0 aliphatic heterocycles. The number of unbranched alkanes of at least 4 members (excludes halogenated alkanes) is 1. The van der Waals surface area contributed by atoms with Crippen molar-refractivity contribution >= 4 is 11.3 Å². The first-order valence-electron chi connectivity index (χ1n) is 9.22. The first-order chi connectivity index (χ1) is 11.3. The van der Waals surface area contributed by atoms with Crippen molar-refractivity contribution in [1.29, 1.82) is 0 Å². The van der Waals surface area contributed by atoms with Gasteiger partial charge in [-0.3, -0.25) is 0 Å². The minimum Gasteiger partial charge on any atom is -0.143 e. The zero-order chi connectivity index (χ0) is 16.1. The van der Waals surface area contributed by atoms with Crippen LogP contribution < -0.4 is 0 Å². The number of aryl methyl sites for hydroxylation is 1. The van der Waals surface area contributed by atoms with E-state index in [1.165, 1.54) is 67.5 Å². The maximum atomic E-state index is 4.51. The van der Waals surface area contributed by atoms with Gasteiger partial charge >= 0.3 is 0 Å². The van der Waals surface area contributed by atoms with Gasteiger partial charge in [-0.1, -0.05) is 62.3 Å². The van der Waals surface area contributed by atoms with E-state index in [-0.39, 0.29) is 0 Å². The molecule has 1 aromatic heterocycles. The van der Waals surface area contributed by atoms with Crippen molar-refractivity contribution in [2.24, 2.45) is 5.92 Å². The Labute approximate surface area is 144 Å². The lowest BCUT2D eigenvalue weighted by Gasteiger charge is -2.25. The summed E-state index contributed by atoms with van der Waals surface area (Å²) in [5.74, 6) is 1.59. The molecular weight excluding hydrogens is 300 g/mol. The Morgan fingerprint density at radius 1 is 1.00 bits per heavy atom. The molecule has 1 aromatic carbocycles. The van der Waals surface area contributed by atoms with Crippen LogP contribution in [0.1, 0.15) is 75.3 Å². The Hall–Kier alpha value is -1.22. The average molecular weight is 329 g/mol. The normalized spacial score (nSPS) is 21.5. The Morgan fingerprint density at radius 3 is 2.39 bits per heavy atom. The van der Waals surface area contributed by atoms with Crippen molar-refractivity contribution < 1.29 is 0 Å². The fourth-order valence-electron chi connectivity index (χ4n) is 3.53. The molecule has 1 aliphatic rings. The van der Waals surface area contributed by atoms with E-state index in [1.807, 2.05) is 0 Å². The highest BCUT2D eigenvalue weighted by Gasteiger charge is 2.24. The van der Waals surface area contributed by atoms with Crippen LogP contribution in [0, 0.1) is 5.92 Å². The summed E-state index contributed by atoms with van der Waals surface area (Å²) in [6.07, 6.45) is 10.3. The van der Waals surface area contributed by atoms with E-state index in [0.29, 0.717) is 5.92 Å². The number of nitrogens with zero attached hydrogens (tertiary/aromatic N) is 2. The van der Waals surface area contributed by atoms with E-state index >= 15 is 0 Å². The van der Waals surface area contributed by atoms with Crippen molar-refractivity contribution in [1.82, 2.24) is 10.2 Å². The summed E-state index contributed by atoms with van der Waals surface area (Å²) < 4.78 is 0. The molecule has 3 rings (SSSR count). The van der Waals surface area contributed by atoms with Crippen molar-refractivity contribution in [3.05, 3.63) is 34.8 Å². The molecule has 1 saturated carbocycles. The molecule has 0 unspecified atom stereocenters. The van der Waals surface area contributed by atoms with Crippen LogP contribution >= 0.6 is 11.3 Å². The topological polar surface area (TPSA) is 25.8 Å². The third-order valence-corrected chi connectivity index (χ3v) is 6.37. The van der Waals surface area contributed by atoms with E-state index in [9.17, 15) is 0 Å². The summed E-state index contributed by atoms with van der Waals surface area (Å²) in [5.41, 5.74) is 2.65. The Bertz CT molecular complexity index is 594. The summed E-state index contributed by atoms with van der Waals surface area (Å²) in [7, 11) is 0. The predicted octanol–water partition coefficient (Wildman–Crippen LogP) is 6.23. The van der Waals surface area contributed by atoms with Gasteiger partial charge in [-0.2, -0.15) is 0 Å². The van der Waals surface area contributed by atoms with Gasteiger partial charge in [0.15, 0.2) is 0 Å². The number of rotatable bonds is 6. The number of hydrogen-bond acceptors (Lipinski definition) is 3. The van der Waals surface area contributed by atoms with Crippen LogP contribution in [0.3, 0.4) is 0 Å². The Kier molecular flexibility index (Phi) is 5.82. The Morgan fingerprint density at radius 2 is 1.74 bits per heavy atom. The highest BCUT2D eigenvalue weighted by atomic mass is 32.1. The minimum atomic E-state index is 0.646. The molecule has 3 heteroatoms. The number of benzene rings is 1. The van der Waals surface area contributed by atoms with E-state index < -0.39 is 0 Å². The van der Waals surface area contributed by atoms with Crippen molar-refractivity contribution in [2.75, 3.05) is 0 Å². The molecule has 124 valence electrons. The van der Waals surface area contributed by atoms with Crippen LogP contribution in [0.2, 0.25) is 0 Å².